The topological polar surface area (TPSA) is 30.7 Å². The molecule has 1 aromatic carbocycles. The molecule has 1 N–H and O–H groups in total. The second-order valence-electron chi connectivity index (χ2n) is 4.81. The summed E-state index contributed by atoms with van der Waals surface area (Å²) in [5.74, 6) is -0.176. The van der Waals surface area contributed by atoms with Crippen LogP contribution < -0.4 is 4.90 Å². The molecule has 104 valence electrons. The van der Waals surface area contributed by atoms with Gasteiger partial charge in [0.15, 0.2) is 0 Å². The van der Waals surface area contributed by atoms with Crippen molar-refractivity contribution in [1.29, 1.82) is 0 Å². The van der Waals surface area contributed by atoms with Crippen LogP contribution >= 0.6 is 67.8 Å². The van der Waals surface area contributed by atoms with E-state index >= 15 is 0 Å². The van der Waals surface area contributed by atoms with Gasteiger partial charge in [-0.1, -0.05) is 0 Å². The molecule has 0 amide bonds. The summed E-state index contributed by atoms with van der Waals surface area (Å²) in [6.45, 7) is 2.16. The van der Waals surface area contributed by atoms with Crippen LogP contribution in [0, 0.1) is 10.7 Å². The van der Waals surface area contributed by atoms with E-state index in [0.717, 1.165) is 36.6 Å². The molecule has 1 aromatic rings. The molecular weight excluding hydrogens is 583 g/mol. The van der Waals surface area contributed by atoms with Gasteiger partial charge < -0.3 is 9.64 Å². The minimum atomic E-state index is -0.176. The molecule has 0 radical (unpaired) electrons. The molecule has 0 saturated carbocycles. The number of carbonyl (C=O) groups excluding carboxylic acids is 1. The summed E-state index contributed by atoms with van der Waals surface area (Å²) in [6, 6.07) is 3.98. The number of ether oxygens (including phenoxy) is 1. The van der Waals surface area contributed by atoms with E-state index in [1.165, 1.54) is 4.90 Å². The van der Waals surface area contributed by atoms with Crippen molar-refractivity contribution in [3.05, 3.63) is 28.4 Å². The lowest BCUT2D eigenvalue weighted by atomic mass is 10.1. The number of nitrogens with one attached hydrogen (secondary N) is 1. The van der Waals surface area contributed by atoms with E-state index in [1.54, 1.807) is 0 Å². The van der Waals surface area contributed by atoms with Crippen molar-refractivity contribution < 1.29 is 14.4 Å². The number of hydrogen-bond acceptors (Lipinski definition) is 2. The Morgan fingerprint density at radius 1 is 1.26 bits per heavy atom. The zero-order valence-corrected chi connectivity index (χ0v) is 17.0. The molecule has 1 saturated heterocycles. The molecule has 1 fully saturated rings. The number of benzene rings is 1. The average molecular weight is 598 g/mol. The highest BCUT2D eigenvalue weighted by Crippen LogP contribution is 2.24. The van der Waals surface area contributed by atoms with E-state index in [9.17, 15) is 4.79 Å². The molecule has 0 aliphatic carbocycles. The Morgan fingerprint density at radius 2 is 1.89 bits per heavy atom. The Morgan fingerprint density at radius 3 is 2.53 bits per heavy atom. The van der Waals surface area contributed by atoms with Crippen LogP contribution in [0.5, 0.6) is 0 Å². The maximum Gasteiger partial charge on any atom is 0.339 e. The van der Waals surface area contributed by atoms with Crippen LogP contribution in [-0.4, -0.2) is 32.2 Å². The molecule has 0 spiro atoms. The Bertz CT molecular complexity index is 485. The second kappa shape index (κ2) is 7.21. The summed E-state index contributed by atoms with van der Waals surface area (Å²) in [5, 5.41) is 0. The third kappa shape index (κ3) is 4.40. The second-order valence-corrected chi connectivity index (χ2v) is 8.30. The van der Waals surface area contributed by atoms with Crippen molar-refractivity contribution in [3.63, 3.8) is 0 Å². The van der Waals surface area contributed by atoms with Crippen molar-refractivity contribution >= 4 is 73.7 Å². The smallest absolute Gasteiger partial charge is 0.339 e. The molecule has 1 aliphatic rings. The van der Waals surface area contributed by atoms with Crippen LogP contribution in [0.4, 0.5) is 0 Å². The molecule has 1 aliphatic heterocycles. The fourth-order valence-electron chi connectivity index (χ4n) is 2.12. The van der Waals surface area contributed by atoms with Crippen molar-refractivity contribution in [2.75, 3.05) is 20.1 Å². The minimum absolute atomic E-state index is 0.0857. The van der Waals surface area contributed by atoms with E-state index in [-0.39, 0.29) is 12.1 Å². The van der Waals surface area contributed by atoms with E-state index in [2.05, 4.69) is 80.9 Å². The third-order valence-electron chi connectivity index (χ3n) is 3.27. The van der Waals surface area contributed by atoms with E-state index in [1.807, 2.05) is 6.07 Å². The highest BCUT2D eigenvalue weighted by Gasteiger charge is 2.24. The normalized spacial score (nSPS) is 23.2. The first-order valence-electron chi connectivity index (χ1n) is 6.14. The molecule has 0 atom stereocenters. The summed E-state index contributed by atoms with van der Waals surface area (Å²) in [6.07, 6.45) is 2.02. The standard InChI is InChI=1S/C13H14I3NO2/c1-17-4-2-9(3-5-17)19-13(18)10-6-8(14)7-11(15)12(10)16/h6-7,9H,2-5H2,1H3/p+1. The number of esters is 1. The van der Waals surface area contributed by atoms with Crippen LogP contribution in [0.1, 0.15) is 23.2 Å². The van der Waals surface area contributed by atoms with Crippen LogP contribution in [0.25, 0.3) is 0 Å². The molecule has 0 unspecified atom stereocenters. The summed E-state index contributed by atoms with van der Waals surface area (Å²) in [7, 11) is 2.18. The summed E-state index contributed by atoms with van der Waals surface area (Å²) in [5.41, 5.74) is 0.697. The lowest BCUT2D eigenvalue weighted by Gasteiger charge is -2.26. The maximum absolute atomic E-state index is 12.3. The fourth-order valence-corrected chi connectivity index (χ4v) is 4.50. The first kappa shape index (κ1) is 16.2. The Labute approximate surface area is 154 Å². The van der Waals surface area contributed by atoms with Gasteiger partial charge in [0.1, 0.15) is 6.10 Å². The van der Waals surface area contributed by atoms with E-state index in [0.29, 0.717) is 5.56 Å². The van der Waals surface area contributed by atoms with Gasteiger partial charge in [0.2, 0.25) is 0 Å². The van der Waals surface area contributed by atoms with Crippen molar-refractivity contribution in [2.45, 2.75) is 18.9 Å². The van der Waals surface area contributed by atoms with Gasteiger partial charge in [0.05, 0.1) is 25.7 Å². The molecule has 2 rings (SSSR count). The lowest BCUT2D eigenvalue weighted by molar-refractivity contribution is -0.885. The predicted molar refractivity (Wildman–Crippen MR) is 99.7 cm³/mol. The molecule has 0 bridgehead atoms. The van der Waals surface area contributed by atoms with Crippen molar-refractivity contribution in [2.24, 2.45) is 0 Å². The zero-order chi connectivity index (χ0) is 14.0. The highest BCUT2D eigenvalue weighted by atomic mass is 127. The van der Waals surface area contributed by atoms with E-state index in [4.69, 9.17) is 4.74 Å². The van der Waals surface area contributed by atoms with Crippen LogP contribution in [0.3, 0.4) is 0 Å². The quantitative estimate of drug-likeness (QED) is 0.323. The summed E-state index contributed by atoms with van der Waals surface area (Å²) in [4.78, 5) is 13.8. The van der Waals surface area contributed by atoms with Gasteiger partial charge in [-0.05, 0) is 79.9 Å². The number of rotatable bonds is 2. The van der Waals surface area contributed by atoms with Crippen LogP contribution in [0.2, 0.25) is 0 Å². The first-order valence-corrected chi connectivity index (χ1v) is 9.38. The molecule has 0 aromatic heterocycles. The van der Waals surface area contributed by atoms with Gasteiger partial charge in [0, 0.05) is 23.6 Å². The van der Waals surface area contributed by atoms with Gasteiger partial charge in [-0.2, -0.15) is 0 Å². The first-order chi connectivity index (χ1) is 8.97. The van der Waals surface area contributed by atoms with Gasteiger partial charge >= 0.3 is 5.97 Å². The van der Waals surface area contributed by atoms with Crippen LogP contribution in [-0.2, 0) is 4.74 Å². The molecule has 3 nitrogen and oxygen atoms in total. The van der Waals surface area contributed by atoms with Gasteiger partial charge in [0.25, 0.3) is 0 Å². The monoisotopic (exact) mass is 598 g/mol. The number of halogens is 3. The SMILES string of the molecule is C[NH+]1CCC(OC(=O)c2cc(I)cc(I)c2I)CC1. The predicted octanol–water partition coefficient (Wildman–Crippen LogP) is 2.33. The van der Waals surface area contributed by atoms with Crippen molar-refractivity contribution in [1.82, 2.24) is 0 Å². The molecule has 6 heteroatoms. The maximum atomic E-state index is 12.3. The number of piperidine rings is 1. The van der Waals surface area contributed by atoms with E-state index < -0.39 is 0 Å². The van der Waals surface area contributed by atoms with Crippen LogP contribution in [0.15, 0.2) is 12.1 Å². The van der Waals surface area contributed by atoms with Gasteiger partial charge in [-0.15, -0.1) is 0 Å². The Hall–Kier alpha value is 0.840. The summed E-state index contributed by atoms with van der Waals surface area (Å²) < 4.78 is 8.81. The molecular formula is C13H15I3NO2+. The zero-order valence-electron chi connectivity index (χ0n) is 10.5. The minimum Gasteiger partial charge on any atom is -0.458 e. The number of carbonyl (C=O) groups is 1. The lowest BCUT2D eigenvalue weighted by Crippen LogP contribution is -3.10. The summed E-state index contributed by atoms with van der Waals surface area (Å²) >= 11 is 6.71. The third-order valence-corrected chi connectivity index (χ3v) is 6.94. The number of hydrogen-bond donors (Lipinski definition) is 1. The number of likely N-dealkylation sites (tertiary alicyclic amines) is 1. The fraction of sp³-hybridized carbons (Fsp3) is 0.462. The average Bonchev–Trinajstić information content (AvgIpc) is 2.36. The highest BCUT2D eigenvalue weighted by molar-refractivity contribution is 14.1. The Kier molecular flexibility index (Phi) is 6.15. The Balaban J connectivity index is 2.08. The van der Waals surface area contributed by atoms with Gasteiger partial charge in [-0.3, -0.25) is 0 Å². The van der Waals surface area contributed by atoms with Gasteiger partial charge in [-0.25, -0.2) is 4.79 Å². The molecule has 19 heavy (non-hydrogen) atoms. The number of quaternary nitrogens is 1. The molecule has 1 heterocycles. The largest absolute Gasteiger partial charge is 0.458 e. The van der Waals surface area contributed by atoms with Crippen molar-refractivity contribution in [3.8, 4) is 0 Å².